The first-order valence-corrected chi connectivity index (χ1v) is 9.14. The van der Waals surface area contributed by atoms with Crippen LogP contribution in [0.25, 0.3) is 11.2 Å². The van der Waals surface area contributed by atoms with Crippen LogP contribution < -0.4 is 4.90 Å². The van der Waals surface area contributed by atoms with Gasteiger partial charge in [0.15, 0.2) is 11.5 Å². The first-order valence-electron chi connectivity index (χ1n) is 8.32. The Hall–Kier alpha value is -3.04. The molecule has 0 spiro atoms. The van der Waals surface area contributed by atoms with Crippen LogP contribution in [0.2, 0.25) is 0 Å². The fraction of sp³-hybridized carbons (Fsp3) is 0.167. The largest absolute Gasteiger partial charge is 0.364 e. The van der Waals surface area contributed by atoms with Gasteiger partial charge in [0.1, 0.15) is 23.6 Å². The van der Waals surface area contributed by atoms with Crippen LogP contribution in [-0.4, -0.2) is 43.3 Å². The Bertz CT molecular complexity index is 1130. The number of anilines is 2. The third-order valence-corrected chi connectivity index (χ3v) is 5.36. The number of imidazole rings is 1. The highest BCUT2D eigenvalue weighted by molar-refractivity contribution is 7.99. The molecule has 5 rings (SSSR count). The molecule has 0 aliphatic carbocycles. The standard InChI is InChI=1S/C18H15N7OS/c1-26-11-25-14-6-12(8-24-10-23-13-7-19-9-22-16(13)24)2-3-15(14)27-18-17(25)20-4-5-21-18/h2-7,9-10H,8,11H2,1H3. The number of hydrogen-bond acceptors (Lipinski definition) is 8. The zero-order valence-electron chi connectivity index (χ0n) is 14.5. The molecule has 1 aliphatic rings. The van der Waals surface area contributed by atoms with E-state index in [0.29, 0.717) is 13.3 Å². The molecular weight excluding hydrogens is 362 g/mol. The number of nitrogens with zero attached hydrogens (tertiary/aromatic N) is 7. The molecule has 0 saturated heterocycles. The van der Waals surface area contributed by atoms with Gasteiger partial charge >= 0.3 is 0 Å². The summed E-state index contributed by atoms with van der Waals surface area (Å²) >= 11 is 1.62. The zero-order valence-corrected chi connectivity index (χ0v) is 15.3. The van der Waals surface area contributed by atoms with Gasteiger partial charge in [-0.05, 0) is 17.7 Å². The minimum atomic E-state index is 0.407. The van der Waals surface area contributed by atoms with Crippen molar-refractivity contribution in [1.29, 1.82) is 0 Å². The lowest BCUT2D eigenvalue weighted by atomic mass is 10.2. The first-order chi connectivity index (χ1) is 13.3. The van der Waals surface area contributed by atoms with Crippen molar-refractivity contribution in [3.05, 3.63) is 55.0 Å². The van der Waals surface area contributed by atoms with Gasteiger partial charge in [0.2, 0.25) is 0 Å². The topological polar surface area (TPSA) is 81.9 Å². The van der Waals surface area contributed by atoms with Crippen LogP contribution in [-0.2, 0) is 11.3 Å². The molecule has 1 aromatic carbocycles. The fourth-order valence-corrected chi connectivity index (χ4v) is 4.12. The van der Waals surface area contributed by atoms with Crippen LogP contribution in [0.15, 0.2) is 59.4 Å². The van der Waals surface area contributed by atoms with Crippen LogP contribution in [0.5, 0.6) is 0 Å². The highest BCUT2D eigenvalue weighted by atomic mass is 32.2. The highest BCUT2D eigenvalue weighted by Gasteiger charge is 2.25. The summed E-state index contributed by atoms with van der Waals surface area (Å²) < 4.78 is 7.43. The monoisotopic (exact) mass is 377 g/mol. The summed E-state index contributed by atoms with van der Waals surface area (Å²) in [5, 5.41) is 0.882. The summed E-state index contributed by atoms with van der Waals surface area (Å²) in [5.41, 5.74) is 3.81. The number of methoxy groups -OCH3 is 1. The van der Waals surface area contributed by atoms with Crippen molar-refractivity contribution >= 4 is 34.4 Å². The molecule has 8 nitrogen and oxygen atoms in total. The molecule has 0 bridgehead atoms. The predicted octanol–water partition coefficient (Wildman–Crippen LogP) is 2.87. The lowest BCUT2D eigenvalue weighted by molar-refractivity contribution is 0.204. The molecule has 0 unspecified atom stereocenters. The average Bonchev–Trinajstić information content (AvgIpc) is 3.11. The van der Waals surface area contributed by atoms with Gasteiger partial charge in [0.25, 0.3) is 0 Å². The van der Waals surface area contributed by atoms with E-state index in [1.54, 1.807) is 50.1 Å². The van der Waals surface area contributed by atoms with E-state index in [0.717, 1.165) is 38.2 Å². The van der Waals surface area contributed by atoms with E-state index >= 15 is 0 Å². The third-order valence-electron chi connectivity index (χ3n) is 4.31. The van der Waals surface area contributed by atoms with E-state index in [2.05, 4.69) is 43.1 Å². The van der Waals surface area contributed by atoms with Gasteiger partial charge in [0, 0.05) is 24.4 Å². The highest BCUT2D eigenvalue weighted by Crippen LogP contribution is 2.46. The maximum atomic E-state index is 5.42. The second kappa shape index (κ2) is 6.60. The number of fused-ring (bicyclic) bond motifs is 3. The molecule has 0 amide bonds. The molecule has 27 heavy (non-hydrogen) atoms. The van der Waals surface area contributed by atoms with Crippen molar-refractivity contribution in [2.75, 3.05) is 18.7 Å². The number of aromatic nitrogens is 6. The van der Waals surface area contributed by atoms with Crippen molar-refractivity contribution in [3.8, 4) is 0 Å². The van der Waals surface area contributed by atoms with Gasteiger partial charge in [-0.15, -0.1) is 0 Å². The molecular formula is C18H15N7OS. The summed E-state index contributed by atoms with van der Waals surface area (Å²) in [6.45, 7) is 1.07. The number of rotatable bonds is 4. The van der Waals surface area contributed by atoms with E-state index in [1.807, 2.05) is 9.47 Å². The third kappa shape index (κ3) is 2.81. The summed E-state index contributed by atoms with van der Waals surface area (Å²) in [6.07, 6.45) is 8.47. The lowest BCUT2D eigenvalue weighted by Crippen LogP contribution is -2.24. The normalized spacial score (nSPS) is 12.9. The predicted molar refractivity (Wildman–Crippen MR) is 101 cm³/mol. The molecule has 0 N–H and O–H groups in total. The Morgan fingerprint density at radius 1 is 1.11 bits per heavy atom. The first kappa shape index (κ1) is 16.2. The quantitative estimate of drug-likeness (QED) is 0.537. The molecule has 4 heterocycles. The summed E-state index contributed by atoms with van der Waals surface area (Å²) in [5.74, 6) is 0.815. The molecule has 134 valence electrons. The van der Waals surface area contributed by atoms with E-state index < -0.39 is 0 Å². The van der Waals surface area contributed by atoms with Crippen molar-refractivity contribution < 1.29 is 4.74 Å². The number of hydrogen-bond donors (Lipinski definition) is 0. The Morgan fingerprint density at radius 3 is 2.96 bits per heavy atom. The maximum Gasteiger partial charge on any atom is 0.168 e. The second-order valence-electron chi connectivity index (χ2n) is 6.04. The average molecular weight is 377 g/mol. The van der Waals surface area contributed by atoms with Gasteiger partial charge in [-0.2, -0.15) is 0 Å². The minimum absolute atomic E-state index is 0.407. The van der Waals surface area contributed by atoms with Crippen molar-refractivity contribution in [2.24, 2.45) is 0 Å². The smallest absolute Gasteiger partial charge is 0.168 e. The second-order valence-corrected chi connectivity index (χ2v) is 7.07. The van der Waals surface area contributed by atoms with Crippen molar-refractivity contribution in [1.82, 2.24) is 29.5 Å². The fourth-order valence-electron chi connectivity index (χ4n) is 3.14. The van der Waals surface area contributed by atoms with E-state index in [9.17, 15) is 0 Å². The SMILES string of the molecule is COCN1c2cc(Cn3cnc4cncnc43)ccc2Sc2nccnc21. The van der Waals surface area contributed by atoms with Gasteiger partial charge in [-0.25, -0.2) is 24.9 Å². The van der Waals surface area contributed by atoms with Crippen molar-refractivity contribution in [2.45, 2.75) is 16.5 Å². The van der Waals surface area contributed by atoms with E-state index in [-0.39, 0.29) is 0 Å². The van der Waals surface area contributed by atoms with Gasteiger partial charge in [-0.1, -0.05) is 17.8 Å². The van der Waals surface area contributed by atoms with E-state index in [1.165, 1.54) is 0 Å². The maximum absolute atomic E-state index is 5.42. The van der Waals surface area contributed by atoms with Crippen LogP contribution in [0.3, 0.4) is 0 Å². The van der Waals surface area contributed by atoms with Crippen molar-refractivity contribution in [3.63, 3.8) is 0 Å². The molecule has 0 atom stereocenters. The van der Waals surface area contributed by atoms with Crippen LogP contribution in [0, 0.1) is 0 Å². The lowest BCUT2D eigenvalue weighted by Gasteiger charge is -2.30. The zero-order chi connectivity index (χ0) is 18.2. The molecule has 9 heteroatoms. The summed E-state index contributed by atoms with van der Waals surface area (Å²) in [6, 6.07) is 6.39. The number of ether oxygens (including phenoxy) is 1. The molecule has 1 aliphatic heterocycles. The Kier molecular flexibility index (Phi) is 3.95. The molecule has 0 saturated carbocycles. The Morgan fingerprint density at radius 2 is 2.04 bits per heavy atom. The van der Waals surface area contributed by atoms with E-state index in [4.69, 9.17) is 4.74 Å². The van der Waals surface area contributed by atoms with Crippen LogP contribution >= 0.6 is 11.8 Å². The molecule has 0 radical (unpaired) electrons. The van der Waals surface area contributed by atoms with Crippen LogP contribution in [0.1, 0.15) is 5.56 Å². The van der Waals surface area contributed by atoms with Gasteiger partial charge in [0.05, 0.1) is 24.8 Å². The molecule has 0 fully saturated rings. The Balaban J connectivity index is 1.54. The minimum Gasteiger partial charge on any atom is -0.364 e. The molecule has 4 aromatic rings. The molecule has 3 aromatic heterocycles. The van der Waals surface area contributed by atoms with Gasteiger partial charge < -0.3 is 9.30 Å². The Labute approximate surface area is 159 Å². The number of benzene rings is 1. The summed E-state index contributed by atoms with van der Waals surface area (Å²) in [4.78, 5) is 24.8. The summed E-state index contributed by atoms with van der Waals surface area (Å²) in [7, 11) is 1.68. The van der Waals surface area contributed by atoms with Crippen LogP contribution in [0.4, 0.5) is 11.5 Å². The van der Waals surface area contributed by atoms with Gasteiger partial charge in [-0.3, -0.25) is 4.90 Å².